The van der Waals surface area contributed by atoms with Crippen LogP contribution < -0.4 is 0 Å². The summed E-state index contributed by atoms with van der Waals surface area (Å²) in [6, 6.07) is 7.62. The molecule has 3 nitrogen and oxygen atoms in total. The van der Waals surface area contributed by atoms with Crippen molar-refractivity contribution in [3.8, 4) is 11.4 Å². The predicted octanol–water partition coefficient (Wildman–Crippen LogP) is 3.41. The van der Waals surface area contributed by atoms with Gasteiger partial charge in [-0.25, -0.2) is 0 Å². The molecule has 0 bridgehead atoms. The van der Waals surface area contributed by atoms with Crippen LogP contribution in [0, 0.1) is 0 Å². The van der Waals surface area contributed by atoms with E-state index in [1.165, 1.54) is 0 Å². The van der Waals surface area contributed by atoms with Crippen molar-refractivity contribution in [1.82, 2.24) is 14.8 Å². The van der Waals surface area contributed by atoms with Gasteiger partial charge in [-0.15, -0.1) is 16.8 Å². The number of thioether (sulfide) groups is 1. The molecule has 0 radical (unpaired) electrons. The molecule has 0 unspecified atom stereocenters. The molecule has 17 heavy (non-hydrogen) atoms. The van der Waals surface area contributed by atoms with Crippen molar-refractivity contribution in [3.63, 3.8) is 0 Å². The zero-order valence-corrected chi connectivity index (χ0v) is 11.0. The minimum atomic E-state index is 0.684. The minimum Gasteiger partial charge on any atom is -0.305 e. The molecule has 0 spiro atoms. The second-order valence-electron chi connectivity index (χ2n) is 3.44. The van der Waals surface area contributed by atoms with Gasteiger partial charge in [-0.3, -0.25) is 0 Å². The van der Waals surface area contributed by atoms with Crippen LogP contribution in [-0.2, 0) is 7.05 Å². The molecule has 0 amide bonds. The number of hydrogen-bond acceptors (Lipinski definition) is 3. The Morgan fingerprint density at radius 3 is 2.88 bits per heavy atom. The zero-order chi connectivity index (χ0) is 12.3. The molecule has 0 saturated carbocycles. The van der Waals surface area contributed by atoms with Gasteiger partial charge in [0.1, 0.15) is 0 Å². The molecule has 0 aliphatic rings. The summed E-state index contributed by atoms with van der Waals surface area (Å²) in [4.78, 5) is 0. The molecular formula is C12H12ClN3S. The van der Waals surface area contributed by atoms with E-state index in [4.69, 9.17) is 11.6 Å². The summed E-state index contributed by atoms with van der Waals surface area (Å²) in [7, 11) is 1.93. The Morgan fingerprint density at radius 2 is 2.18 bits per heavy atom. The van der Waals surface area contributed by atoms with E-state index in [2.05, 4.69) is 16.8 Å². The average Bonchev–Trinajstić information content (AvgIpc) is 2.69. The highest BCUT2D eigenvalue weighted by Crippen LogP contribution is 2.28. The molecule has 0 aliphatic carbocycles. The summed E-state index contributed by atoms with van der Waals surface area (Å²) >= 11 is 7.74. The fourth-order valence-corrected chi connectivity index (χ4v) is 2.32. The van der Waals surface area contributed by atoms with Crippen LogP contribution in [0.15, 0.2) is 42.1 Å². The smallest absolute Gasteiger partial charge is 0.191 e. The first-order valence-corrected chi connectivity index (χ1v) is 6.48. The molecule has 2 rings (SSSR count). The lowest BCUT2D eigenvalue weighted by molar-refractivity contribution is 0.795. The van der Waals surface area contributed by atoms with Gasteiger partial charge in [-0.1, -0.05) is 41.6 Å². The third kappa shape index (κ3) is 2.53. The molecule has 0 atom stereocenters. The van der Waals surface area contributed by atoms with Crippen molar-refractivity contribution in [3.05, 3.63) is 41.9 Å². The van der Waals surface area contributed by atoms with Gasteiger partial charge >= 0.3 is 0 Å². The van der Waals surface area contributed by atoms with E-state index in [9.17, 15) is 0 Å². The number of nitrogens with zero attached hydrogens (tertiary/aromatic N) is 3. The van der Waals surface area contributed by atoms with Crippen molar-refractivity contribution >= 4 is 23.4 Å². The molecule has 0 aliphatic heterocycles. The first kappa shape index (κ1) is 12.2. The second kappa shape index (κ2) is 5.38. The van der Waals surface area contributed by atoms with Crippen LogP contribution in [0.5, 0.6) is 0 Å². The van der Waals surface area contributed by atoms with E-state index in [1.54, 1.807) is 11.8 Å². The average molecular weight is 266 g/mol. The zero-order valence-electron chi connectivity index (χ0n) is 9.43. The fourth-order valence-electron chi connectivity index (χ4n) is 1.45. The Bertz CT molecular complexity index is 536. The molecule has 5 heteroatoms. The standard InChI is InChI=1S/C12H12ClN3S/c1-3-8-17-12-15-14-11(16(12)2)9-6-4-5-7-10(9)13/h3-7H,1,8H2,2H3. The molecule has 1 aromatic carbocycles. The lowest BCUT2D eigenvalue weighted by atomic mass is 10.2. The van der Waals surface area contributed by atoms with Gasteiger partial charge in [0.15, 0.2) is 11.0 Å². The van der Waals surface area contributed by atoms with Gasteiger partial charge < -0.3 is 4.57 Å². The Morgan fingerprint density at radius 1 is 1.41 bits per heavy atom. The molecule has 0 N–H and O–H groups in total. The quantitative estimate of drug-likeness (QED) is 0.627. The van der Waals surface area contributed by atoms with E-state index in [0.717, 1.165) is 22.3 Å². The number of hydrogen-bond donors (Lipinski definition) is 0. The van der Waals surface area contributed by atoms with Gasteiger partial charge in [0.2, 0.25) is 0 Å². The SMILES string of the molecule is C=CCSc1nnc(-c2ccccc2Cl)n1C. The Balaban J connectivity index is 2.37. The van der Waals surface area contributed by atoms with Crippen LogP contribution in [0.1, 0.15) is 0 Å². The number of benzene rings is 1. The van der Waals surface area contributed by atoms with E-state index >= 15 is 0 Å². The van der Waals surface area contributed by atoms with Crippen molar-refractivity contribution in [1.29, 1.82) is 0 Å². The maximum absolute atomic E-state index is 6.14. The second-order valence-corrected chi connectivity index (χ2v) is 4.84. The molecule has 88 valence electrons. The predicted molar refractivity (Wildman–Crippen MR) is 72.4 cm³/mol. The largest absolute Gasteiger partial charge is 0.305 e. The molecule has 1 aromatic heterocycles. The molecule has 2 aromatic rings. The molecular weight excluding hydrogens is 254 g/mol. The Hall–Kier alpha value is -1.26. The van der Waals surface area contributed by atoms with E-state index in [0.29, 0.717) is 5.02 Å². The fraction of sp³-hybridized carbons (Fsp3) is 0.167. The van der Waals surface area contributed by atoms with Crippen molar-refractivity contribution in [2.45, 2.75) is 5.16 Å². The lowest BCUT2D eigenvalue weighted by Gasteiger charge is -2.04. The third-order valence-corrected chi connectivity index (χ3v) is 3.63. The Kier molecular flexibility index (Phi) is 3.86. The van der Waals surface area contributed by atoms with Crippen LogP contribution in [-0.4, -0.2) is 20.5 Å². The maximum atomic E-state index is 6.14. The maximum Gasteiger partial charge on any atom is 0.191 e. The molecule has 0 saturated heterocycles. The van der Waals surface area contributed by atoms with Gasteiger partial charge in [0.05, 0.1) is 5.02 Å². The summed E-state index contributed by atoms with van der Waals surface area (Å²) in [6.45, 7) is 3.69. The topological polar surface area (TPSA) is 30.7 Å². The summed E-state index contributed by atoms with van der Waals surface area (Å²) in [5.41, 5.74) is 0.898. The number of aromatic nitrogens is 3. The molecule has 0 fully saturated rings. The van der Waals surface area contributed by atoms with Crippen molar-refractivity contribution in [2.75, 3.05) is 5.75 Å². The van der Waals surface area contributed by atoms with Gasteiger partial charge in [0, 0.05) is 18.4 Å². The van der Waals surface area contributed by atoms with Crippen molar-refractivity contribution in [2.24, 2.45) is 7.05 Å². The normalized spacial score (nSPS) is 10.5. The first-order chi connectivity index (χ1) is 8.24. The lowest BCUT2D eigenvalue weighted by Crippen LogP contribution is -1.95. The summed E-state index contributed by atoms with van der Waals surface area (Å²) in [5.74, 6) is 1.59. The van der Waals surface area contributed by atoms with E-state index in [-0.39, 0.29) is 0 Å². The third-order valence-electron chi connectivity index (χ3n) is 2.28. The van der Waals surface area contributed by atoms with Crippen LogP contribution in [0.4, 0.5) is 0 Å². The summed E-state index contributed by atoms with van der Waals surface area (Å²) < 4.78 is 1.94. The summed E-state index contributed by atoms with van der Waals surface area (Å²) in [5, 5.41) is 9.86. The highest BCUT2D eigenvalue weighted by molar-refractivity contribution is 7.99. The van der Waals surface area contributed by atoms with Crippen LogP contribution >= 0.6 is 23.4 Å². The van der Waals surface area contributed by atoms with Gasteiger partial charge in [-0.2, -0.15) is 0 Å². The van der Waals surface area contributed by atoms with Gasteiger partial charge in [-0.05, 0) is 12.1 Å². The number of halogens is 1. The van der Waals surface area contributed by atoms with Crippen molar-refractivity contribution < 1.29 is 0 Å². The number of rotatable bonds is 4. The first-order valence-electron chi connectivity index (χ1n) is 5.12. The van der Waals surface area contributed by atoms with Crippen LogP contribution in [0.3, 0.4) is 0 Å². The van der Waals surface area contributed by atoms with E-state index < -0.39 is 0 Å². The molecule has 1 heterocycles. The van der Waals surface area contributed by atoms with Crippen LogP contribution in [0.25, 0.3) is 11.4 Å². The van der Waals surface area contributed by atoms with Gasteiger partial charge in [0.25, 0.3) is 0 Å². The van der Waals surface area contributed by atoms with Crippen LogP contribution in [0.2, 0.25) is 5.02 Å². The minimum absolute atomic E-state index is 0.684. The highest BCUT2D eigenvalue weighted by atomic mass is 35.5. The highest BCUT2D eigenvalue weighted by Gasteiger charge is 2.12. The van der Waals surface area contributed by atoms with E-state index in [1.807, 2.05) is 42.0 Å². The monoisotopic (exact) mass is 265 g/mol. The Labute approximate surface area is 110 Å². The summed E-state index contributed by atoms with van der Waals surface area (Å²) in [6.07, 6.45) is 1.84.